The fourth-order valence-corrected chi connectivity index (χ4v) is 4.59. The Bertz CT molecular complexity index is 606. The van der Waals surface area contributed by atoms with E-state index < -0.39 is 0 Å². The second-order valence-electron chi connectivity index (χ2n) is 8.27. The molecule has 2 fully saturated rings. The number of hydrogen-bond donors (Lipinski definition) is 2. The summed E-state index contributed by atoms with van der Waals surface area (Å²) in [5.41, 5.74) is 8.08. The fourth-order valence-electron chi connectivity index (χ4n) is 4.59. The van der Waals surface area contributed by atoms with Gasteiger partial charge in [0.25, 0.3) is 0 Å². The zero-order valence-electron chi connectivity index (χ0n) is 16.5. The molecule has 26 heavy (non-hydrogen) atoms. The van der Waals surface area contributed by atoms with Crippen LogP contribution in [0.5, 0.6) is 0 Å². The van der Waals surface area contributed by atoms with Crippen LogP contribution in [0.3, 0.4) is 0 Å². The van der Waals surface area contributed by atoms with Crippen LogP contribution in [-0.2, 0) is 4.74 Å². The van der Waals surface area contributed by atoms with Crippen LogP contribution in [0.25, 0.3) is 0 Å². The van der Waals surface area contributed by atoms with Crippen LogP contribution in [0.2, 0.25) is 0 Å². The molecular weight excluding hydrogens is 329 g/mol. The third-order valence-corrected chi connectivity index (χ3v) is 6.30. The van der Waals surface area contributed by atoms with E-state index in [0.29, 0.717) is 17.7 Å². The largest absolute Gasteiger partial charge is 0.395 e. The van der Waals surface area contributed by atoms with Gasteiger partial charge in [0.15, 0.2) is 0 Å². The van der Waals surface area contributed by atoms with Gasteiger partial charge in [0.1, 0.15) is 5.82 Å². The zero-order chi connectivity index (χ0) is 18.7. The van der Waals surface area contributed by atoms with E-state index in [1.165, 1.54) is 31.7 Å². The minimum atomic E-state index is -0.330. The smallest absolute Gasteiger partial charge is 0.148 e. The molecule has 2 aliphatic rings. The first-order valence-electron chi connectivity index (χ1n) is 10.1. The molecule has 1 aromatic rings. The van der Waals surface area contributed by atoms with Crippen molar-refractivity contribution in [2.75, 3.05) is 30.7 Å². The molecule has 0 atom stereocenters. The van der Waals surface area contributed by atoms with Gasteiger partial charge in [-0.15, -0.1) is 0 Å². The Labute approximate surface area is 157 Å². The number of benzene rings is 1. The SMILES string of the molecule is CCO[C@H]1CC[C@](C)(N2CCC(Nc3cc(C)cc(F)c3N)CC2)CC1. The highest BCUT2D eigenvalue weighted by Gasteiger charge is 2.38. The first kappa shape index (κ1) is 19.4. The molecule has 1 aromatic carbocycles. The monoisotopic (exact) mass is 363 g/mol. The Kier molecular flexibility index (Phi) is 6.08. The number of halogens is 1. The quantitative estimate of drug-likeness (QED) is 0.765. The van der Waals surface area contributed by atoms with Crippen molar-refractivity contribution in [2.45, 2.75) is 77.0 Å². The van der Waals surface area contributed by atoms with Gasteiger partial charge in [-0.2, -0.15) is 0 Å². The Morgan fingerprint density at radius 2 is 1.88 bits per heavy atom. The standard InChI is InChI=1S/C21H34FN3O/c1-4-26-17-5-9-21(3,10-6-17)25-11-7-16(8-12-25)24-19-14-15(2)13-18(22)20(19)23/h13-14,16-17,24H,4-12,23H2,1-3H3/t17-,21-. The number of ether oxygens (including phenoxy) is 1. The van der Waals surface area contributed by atoms with Gasteiger partial charge in [-0.1, -0.05) is 0 Å². The highest BCUT2D eigenvalue weighted by atomic mass is 19.1. The molecule has 1 heterocycles. The third-order valence-electron chi connectivity index (χ3n) is 6.30. The van der Waals surface area contributed by atoms with Crippen molar-refractivity contribution in [1.29, 1.82) is 0 Å². The molecule has 0 amide bonds. The number of rotatable bonds is 5. The van der Waals surface area contributed by atoms with Crippen molar-refractivity contribution in [3.05, 3.63) is 23.5 Å². The fraction of sp³-hybridized carbons (Fsp3) is 0.714. The van der Waals surface area contributed by atoms with Gasteiger partial charge >= 0.3 is 0 Å². The molecule has 0 aromatic heterocycles. The van der Waals surface area contributed by atoms with Gasteiger partial charge in [-0.3, -0.25) is 4.90 Å². The molecular formula is C21H34FN3O. The molecule has 3 rings (SSSR count). The zero-order valence-corrected chi connectivity index (χ0v) is 16.5. The topological polar surface area (TPSA) is 50.5 Å². The Morgan fingerprint density at radius 1 is 1.23 bits per heavy atom. The van der Waals surface area contributed by atoms with Crippen LogP contribution in [0, 0.1) is 12.7 Å². The van der Waals surface area contributed by atoms with E-state index in [0.717, 1.165) is 43.8 Å². The number of anilines is 2. The molecule has 0 spiro atoms. The van der Waals surface area contributed by atoms with Crippen molar-refractivity contribution in [3.63, 3.8) is 0 Å². The van der Waals surface area contributed by atoms with Gasteiger partial charge in [0.2, 0.25) is 0 Å². The van der Waals surface area contributed by atoms with Gasteiger partial charge in [-0.25, -0.2) is 4.39 Å². The van der Waals surface area contributed by atoms with Gasteiger partial charge in [0.05, 0.1) is 17.5 Å². The number of hydrogen-bond acceptors (Lipinski definition) is 4. The first-order chi connectivity index (χ1) is 12.4. The van der Waals surface area contributed by atoms with Gasteiger partial charge in [-0.05, 0) is 77.0 Å². The summed E-state index contributed by atoms with van der Waals surface area (Å²) in [7, 11) is 0. The van der Waals surface area contributed by atoms with Crippen LogP contribution >= 0.6 is 0 Å². The average Bonchev–Trinajstić information content (AvgIpc) is 2.62. The summed E-state index contributed by atoms with van der Waals surface area (Å²) < 4.78 is 19.7. The third kappa shape index (κ3) is 4.32. The molecule has 1 aliphatic carbocycles. The second kappa shape index (κ2) is 8.13. The predicted octanol–water partition coefficient (Wildman–Crippen LogP) is 4.33. The Hall–Kier alpha value is -1.33. The molecule has 4 nitrogen and oxygen atoms in total. The van der Waals surface area contributed by atoms with E-state index >= 15 is 0 Å². The lowest BCUT2D eigenvalue weighted by atomic mass is 9.79. The van der Waals surface area contributed by atoms with Crippen molar-refractivity contribution in [1.82, 2.24) is 4.90 Å². The highest BCUT2D eigenvalue weighted by Crippen LogP contribution is 2.36. The van der Waals surface area contributed by atoms with Crippen LogP contribution in [0.4, 0.5) is 15.8 Å². The normalized spacial score (nSPS) is 28.2. The Morgan fingerprint density at radius 3 is 2.50 bits per heavy atom. The number of aryl methyl sites for hydroxylation is 1. The number of nitrogens with two attached hydrogens (primary N) is 1. The molecule has 1 aliphatic heterocycles. The first-order valence-corrected chi connectivity index (χ1v) is 10.1. The van der Waals surface area contributed by atoms with Gasteiger partial charge in [0, 0.05) is 31.3 Å². The summed E-state index contributed by atoms with van der Waals surface area (Å²) in [6.45, 7) is 9.38. The maximum absolute atomic E-state index is 13.9. The molecule has 1 saturated carbocycles. The van der Waals surface area contributed by atoms with Gasteiger partial charge < -0.3 is 15.8 Å². The number of likely N-dealkylation sites (tertiary alicyclic amines) is 1. The lowest BCUT2D eigenvalue weighted by molar-refractivity contribution is -0.0242. The number of nitrogen functional groups attached to an aromatic ring is 1. The summed E-state index contributed by atoms with van der Waals surface area (Å²) in [5.74, 6) is -0.330. The van der Waals surface area contributed by atoms with E-state index in [1.807, 2.05) is 13.0 Å². The van der Waals surface area contributed by atoms with E-state index in [-0.39, 0.29) is 11.5 Å². The Balaban J connectivity index is 1.53. The molecule has 0 radical (unpaired) electrons. The molecule has 1 saturated heterocycles. The van der Waals surface area contributed by atoms with Crippen molar-refractivity contribution in [3.8, 4) is 0 Å². The molecule has 0 bridgehead atoms. The maximum Gasteiger partial charge on any atom is 0.148 e. The van der Waals surface area contributed by atoms with Crippen LogP contribution in [-0.4, -0.2) is 42.3 Å². The van der Waals surface area contributed by atoms with Crippen molar-refractivity contribution >= 4 is 11.4 Å². The minimum Gasteiger partial charge on any atom is -0.395 e. The molecule has 5 heteroatoms. The summed E-state index contributed by atoms with van der Waals surface area (Å²) in [6.07, 6.45) is 7.35. The van der Waals surface area contributed by atoms with Crippen molar-refractivity contribution < 1.29 is 9.13 Å². The number of nitrogens with zero attached hydrogens (tertiary/aromatic N) is 1. The number of nitrogens with one attached hydrogen (secondary N) is 1. The average molecular weight is 364 g/mol. The summed E-state index contributed by atoms with van der Waals surface area (Å²) in [5, 5.41) is 3.48. The van der Waals surface area contributed by atoms with E-state index in [4.69, 9.17) is 10.5 Å². The summed E-state index contributed by atoms with van der Waals surface area (Å²) in [4.78, 5) is 2.66. The van der Waals surface area contributed by atoms with E-state index in [1.54, 1.807) is 0 Å². The van der Waals surface area contributed by atoms with Crippen LogP contribution in [0.1, 0.15) is 57.9 Å². The predicted molar refractivity (Wildman–Crippen MR) is 106 cm³/mol. The highest BCUT2D eigenvalue weighted by molar-refractivity contribution is 5.68. The van der Waals surface area contributed by atoms with Crippen LogP contribution < -0.4 is 11.1 Å². The molecule has 3 N–H and O–H groups in total. The summed E-state index contributed by atoms with van der Waals surface area (Å²) in [6, 6.07) is 3.79. The maximum atomic E-state index is 13.9. The van der Waals surface area contributed by atoms with E-state index in [9.17, 15) is 4.39 Å². The molecule has 146 valence electrons. The second-order valence-corrected chi connectivity index (χ2v) is 8.27. The van der Waals surface area contributed by atoms with Crippen molar-refractivity contribution in [2.24, 2.45) is 0 Å². The lowest BCUT2D eigenvalue weighted by Crippen LogP contribution is -2.53. The summed E-state index contributed by atoms with van der Waals surface area (Å²) >= 11 is 0. The van der Waals surface area contributed by atoms with Crippen LogP contribution in [0.15, 0.2) is 12.1 Å². The minimum absolute atomic E-state index is 0.235. The lowest BCUT2D eigenvalue weighted by Gasteiger charge is -2.48. The van der Waals surface area contributed by atoms with E-state index in [2.05, 4.69) is 24.1 Å². The number of piperidine rings is 1. The molecule has 0 unspecified atom stereocenters.